The summed E-state index contributed by atoms with van der Waals surface area (Å²) in [4.78, 5) is 0. The third-order valence-electron chi connectivity index (χ3n) is 5.79. The topological polar surface area (TPSA) is 40.5 Å². The molecule has 0 amide bonds. The lowest BCUT2D eigenvalue weighted by atomic mass is 9.93. The Bertz CT molecular complexity index is 1580. The van der Waals surface area contributed by atoms with E-state index in [4.69, 9.17) is 0 Å². The Labute approximate surface area is 160 Å². The SMILES string of the molecule is Oc1c2cc3ccccc3cc2c(O)c2cc3c(ccc4ccccc43)cc12. The van der Waals surface area contributed by atoms with Gasteiger partial charge in [0.1, 0.15) is 11.5 Å². The van der Waals surface area contributed by atoms with Gasteiger partial charge in [-0.3, -0.25) is 0 Å². The maximum Gasteiger partial charge on any atom is 0.131 e. The summed E-state index contributed by atoms with van der Waals surface area (Å²) in [5.41, 5.74) is 0. The van der Waals surface area contributed by atoms with Gasteiger partial charge in [0.15, 0.2) is 0 Å². The molecule has 0 atom stereocenters. The van der Waals surface area contributed by atoms with E-state index in [0.717, 1.165) is 32.3 Å². The van der Waals surface area contributed by atoms with Crippen LogP contribution >= 0.6 is 0 Å². The van der Waals surface area contributed by atoms with Gasteiger partial charge in [-0.25, -0.2) is 0 Å². The maximum atomic E-state index is 11.1. The molecule has 0 fully saturated rings. The molecule has 6 rings (SSSR count). The Kier molecular flexibility index (Phi) is 2.93. The molecule has 0 aliphatic rings. The van der Waals surface area contributed by atoms with Crippen LogP contribution in [0.1, 0.15) is 0 Å². The van der Waals surface area contributed by atoms with Crippen LogP contribution in [-0.2, 0) is 0 Å². The van der Waals surface area contributed by atoms with E-state index in [9.17, 15) is 10.2 Å². The van der Waals surface area contributed by atoms with Crippen molar-refractivity contribution in [3.63, 3.8) is 0 Å². The van der Waals surface area contributed by atoms with Crippen molar-refractivity contribution >= 4 is 53.9 Å². The highest BCUT2D eigenvalue weighted by Gasteiger charge is 2.15. The Hall–Kier alpha value is -3.78. The Morgan fingerprint density at radius 2 is 0.821 bits per heavy atom. The first kappa shape index (κ1) is 15.3. The smallest absolute Gasteiger partial charge is 0.131 e. The minimum atomic E-state index is 0.211. The van der Waals surface area contributed by atoms with Gasteiger partial charge in [-0.15, -0.1) is 0 Å². The summed E-state index contributed by atoms with van der Waals surface area (Å²) in [5, 5.41) is 31.3. The lowest BCUT2D eigenvalue weighted by Crippen LogP contribution is -1.85. The summed E-state index contributed by atoms with van der Waals surface area (Å²) < 4.78 is 0. The zero-order chi connectivity index (χ0) is 18.8. The van der Waals surface area contributed by atoms with E-state index in [1.807, 2.05) is 60.7 Å². The van der Waals surface area contributed by atoms with Crippen LogP contribution in [0.2, 0.25) is 0 Å². The second-order valence-electron chi connectivity index (χ2n) is 7.35. The van der Waals surface area contributed by atoms with E-state index in [0.29, 0.717) is 21.5 Å². The van der Waals surface area contributed by atoms with Crippen LogP contribution in [0.5, 0.6) is 11.5 Å². The van der Waals surface area contributed by atoms with E-state index in [2.05, 4.69) is 24.3 Å². The molecule has 0 aliphatic carbocycles. The summed E-state index contributed by atoms with van der Waals surface area (Å²) in [7, 11) is 0. The maximum absolute atomic E-state index is 11.1. The molecule has 0 heterocycles. The van der Waals surface area contributed by atoms with Crippen LogP contribution < -0.4 is 0 Å². The van der Waals surface area contributed by atoms with Gasteiger partial charge >= 0.3 is 0 Å². The molecule has 6 aromatic carbocycles. The molecular formula is C26H16O2. The molecule has 2 N–H and O–H groups in total. The van der Waals surface area contributed by atoms with Gasteiger partial charge in [0.2, 0.25) is 0 Å². The fourth-order valence-corrected chi connectivity index (χ4v) is 4.37. The van der Waals surface area contributed by atoms with Gasteiger partial charge in [0.25, 0.3) is 0 Å². The van der Waals surface area contributed by atoms with E-state index >= 15 is 0 Å². The van der Waals surface area contributed by atoms with Crippen molar-refractivity contribution in [2.75, 3.05) is 0 Å². The largest absolute Gasteiger partial charge is 0.507 e. The minimum absolute atomic E-state index is 0.211. The molecule has 0 saturated heterocycles. The van der Waals surface area contributed by atoms with Gasteiger partial charge in [-0.05, 0) is 56.6 Å². The molecular weight excluding hydrogens is 344 g/mol. The fourth-order valence-electron chi connectivity index (χ4n) is 4.37. The lowest BCUT2D eigenvalue weighted by Gasteiger charge is -2.13. The van der Waals surface area contributed by atoms with E-state index in [1.165, 1.54) is 0 Å². The molecule has 0 saturated carbocycles. The summed E-state index contributed by atoms with van der Waals surface area (Å²) in [6.45, 7) is 0. The molecule has 0 aromatic heterocycles. The summed E-state index contributed by atoms with van der Waals surface area (Å²) in [6, 6.07) is 28.2. The van der Waals surface area contributed by atoms with Crippen LogP contribution in [0.15, 0.2) is 84.9 Å². The van der Waals surface area contributed by atoms with Crippen molar-refractivity contribution in [2.24, 2.45) is 0 Å². The highest BCUT2D eigenvalue weighted by atomic mass is 16.3. The molecule has 0 bridgehead atoms. The number of aromatic hydroxyl groups is 2. The number of phenols is 2. The van der Waals surface area contributed by atoms with Crippen molar-refractivity contribution < 1.29 is 10.2 Å². The first-order valence-electron chi connectivity index (χ1n) is 9.32. The zero-order valence-electron chi connectivity index (χ0n) is 15.0. The van der Waals surface area contributed by atoms with Crippen molar-refractivity contribution in [3.05, 3.63) is 84.9 Å². The number of phenolic OH excluding ortho intramolecular Hbond substituents is 2. The van der Waals surface area contributed by atoms with Crippen molar-refractivity contribution in [1.82, 2.24) is 0 Å². The first-order valence-corrected chi connectivity index (χ1v) is 9.32. The molecule has 0 radical (unpaired) electrons. The number of benzene rings is 6. The van der Waals surface area contributed by atoms with Gasteiger partial charge < -0.3 is 10.2 Å². The number of hydrogen-bond acceptors (Lipinski definition) is 2. The monoisotopic (exact) mass is 360 g/mol. The van der Waals surface area contributed by atoms with Gasteiger partial charge in [-0.2, -0.15) is 0 Å². The molecule has 0 unspecified atom stereocenters. The van der Waals surface area contributed by atoms with E-state index in [-0.39, 0.29) is 11.5 Å². The average molecular weight is 360 g/mol. The Balaban J connectivity index is 1.84. The van der Waals surface area contributed by atoms with Crippen molar-refractivity contribution in [2.45, 2.75) is 0 Å². The van der Waals surface area contributed by atoms with Gasteiger partial charge in [0.05, 0.1) is 0 Å². The van der Waals surface area contributed by atoms with Gasteiger partial charge in [0, 0.05) is 21.5 Å². The third kappa shape index (κ3) is 1.97. The molecule has 6 aromatic rings. The van der Waals surface area contributed by atoms with Crippen LogP contribution in [0.25, 0.3) is 53.9 Å². The van der Waals surface area contributed by atoms with E-state index < -0.39 is 0 Å². The van der Waals surface area contributed by atoms with Crippen molar-refractivity contribution in [1.29, 1.82) is 0 Å². The minimum Gasteiger partial charge on any atom is -0.507 e. The predicted molar refractivity (Wildman–Crippen MR) is 117 cm³/mol. The second kappa shape index (κ2) is 5.37. The highest BCUT2D eigenvalue weighted by Crippen LogP contribution is 2.44. The first-order chi connectivity index (χ1) is 13.7. The van der Waals surface area contributed by atoms with Crippen LogP contribution in [0, 0.1) is 0 Å². The zero-order valence-corrected chi connectivity index (χ0v) is 15.0. The lowest BCUT2D eigenvalue weighted by molar-refractivity contribution is 0.478. The summed E-state index contributed by atoms with van der Waals surface area (Å²) in [5.74, 6) is 0.423. The normalized spacial score (nSPS) is 11.9. The average Bonchev–Trinajstić information content (AvgIpc) is 2.75. The molecule has 28 heavy (non-hydrogen) atoms. The standard InChI is InChI=1S/C26H16O2/c27-25-21-11-16-6-1-2-7-17(16)12-22(21)26(28)24-14-20-18(13-23(24)25)10-9-15-5-3-4-8-19(15)20/h1-14,27-28H. The molecule has 2 heteroatoms. The quantitative estimate of drug-likeness (QED) is 0.176. The van der Waals surface area contributed by atoms with E-state index in [1.54, 1.807) is 0 Å². The number of hydrogen-bond donors (Lipinski definition) is 2. The fraction of sp³-hybridized carbons (Fsp3) is 0. The Morgan fingerprint density at radius 3 is 1.46 bits per heavy atom. The summed E-state index contributed by atoms with van der Waals surface area (Å²) in [6.07, 6.45) is 0. The van der Waals surface area contributed by atoms with Crippen LogP contribution in [-0.4, -0.2) is 10.2 Å². The molecule has 2 nitrogen and oxygen atoms in total. The number of rotatable bonds is 0. The predicted octanol–water partition coefficient (Wildman–Crippen LogP) is 6.86. The van der Waals surface area contributed by atoms with Crippen LogP contribution in [0.3, 0.4) is 0 Å². The third-order valence-corrected chi connectivity index (χ3v) is 5.79. The molecule has 0 spiro atoms. The summed E-state index contributed by atoms with van der Waals surface area (Å²) >= 11 is 0. The number of fused-ring (bicyclic) bond motifs is 6. The second-order valence-corrected chi connectivity index (χ2v) is 7.35. The molecule has 0 aliphatic heterocycles. The molecule has 132 valence electrons. The Morgan fingerprint density at radius 1 is 0.357 bits per heavy atom. The highest BCUT2D eigenvalue weighted by molar-refractivity contribution is 6.19. The van der Waals surface area contributed by atoms with Gasteiger partial charge in [-0.1, -0.05) is 60.7 Å². The van der Waals surface area contributed by atoms with Crippen LogP contribution in [0.4, 0.5) is 0 Å². The van der Waals surface area contributed by atoms with Crippen molar-refractivity contribution in [3.8, 4) is 11.5 Å².